The molecule has 2 heterocycles. The molecule has 0 saturated carbocycles. The number of carbonyl (C=O) groups is 1. The molecule has 2 aliphatic rings. The minimum absolute atomic E-state index is 0. The molecular formula is C40H25IrN2O2-. The van der Waals surface area contributed by atoms with Gasteiger partial charge in [-0.25, -0.2) is 9.78 Å². The first-order valence-corrected chi connectivity index (χ1v) is 14.5. The molecule has 7 aromatic rings. The normalized spacial score (nSPS) is 12.6. The molecule has 2 aliphatic carbocycles. The van der Waals surface area contributed by atoms with Crippen LogP contribution in [0.5, 0.6) is 0 Å². The van der Waals surface area contributed by atoms with Crippen LogP contribution in [0.3, 0.4) is 0 Å². The summed E-state index contributed by atoms with van der Waals surface area (Å²) in [6, 6.07) is 50.2. The number of pyridine rings is 2. The molecule has 1 radical (unpaired) electrons. The second-order valence-electron chi connectivity index (χ2n) is 11.0. The van der Waals surface area contributed by atoms with Gasteiger partial charge in [0.1, 0.15) is 5.69 Å². The number of fused-ring (bicyclic) bond motifs is 11. The number of hydrogen-bond donors (Lipinski definition) is 1. The third-order valence-electron chi connectivity index (χ3n) is 8.73. The van der Waals surface area contributed by atoms with Crippen molar-refractivity contribution in [3.05, 3.63) is 180 Å². The Morgan fingerprint density at radius 1 is 0.622 bits per heavy atom. The van der Waals surface area contributed by atoms with E-state index in [4.69, 9.17) is 10.1 Å². The van der Waals surface area contributed by atoms with Crippen LogP contribution in [0.1, 0.15) is 32.7 Å². The Balaban J connectivity index is 0.000000284. The summed E-state index contributed by atoms with van der Waals surface area (Å²) in [5, 5.41) is 10.8. The molecule has 0 amide bonds. The van der Waals surface area contributed by atoms with E-state index in [-0.39, 0.29) is 31.2 Å². The number of aromatic nitrogens is 2. The Morgan fingerprint density at radius 3 is 1.96 bits per heavy atom. The fourth-order valence-electron chi connectivity index (χ4n) is 6.98. The smallest absolute Gasteiger partial charge is 0.354 e. The maximum Gasteiger partial charge on any atom is 0.354 e. The van der Waals surface area contributed by atoms with Crippen LogP contribution in [-0.2, 0) is 25.5 Å². The fourth-order valence-corrected chi connectivity index (χ4v) is 6.98. The Morgan fingerprint density at radius 2 is 1.24 bits per heavy atom. The molecule has 4 nitrogen and oxygen atoms in total. The second-order valence-corrected chi connectivity index (χ2v) is 11.0. The third-order valence-corrected chi connectivity index (χ3v) is 8.73. The van der Waals surface area contributed by atoms with Crippen LogP contribution in [-0.4, -0.2) is 21.0 Å². The van der Waals surface area contributed by atoms with Gasteiger partial charge in [-0.05, 0) is 56.9 Å². The molecular weight excluding hydrogens is 733 g/mol. The van der Waals surface area contributed by atoms with E-state index in [1.165, 1.54) is 67.5 Å². The topological polar surface area (TPSA) is 63.1 Å². The van der Waals surface area contributed by atoms with Crippen LogP contribution >= 0.6 is 0 Å². The van der Waals surface area contributed by atoms with Gasteiger partial charge in [0.15, 0.2) is 0 Å². The number of hydrogen-bond acceptors (Lipinski definition) is 3. The number of rotatable bonds is 2. The average Bonchev–Trinajstić information content (AvgIpc) is 3.56. The Labute approximate surface area is 274 Å². The first-order valence-electron chi connectivity index (χ1n) is 14.5. The van der Waals surface area contributed by atoms with Gasteiger partial charge in [0.2, 0.25) is 0 Å². The summed E-state index contributed by atoms with van der Waals surface area (Å²) in [5.74, 6) is -0.990. The summed E-state index contributed by atoms with van der Waals surface area (Å²) in [4.78, 5) is 18.6. The summed E-state index contributed by atoms with van der Waals surface area (Å²) >= 11 is 0. The Hall–Kier alpha value is -5.22. The van der Waals surface area contributed by atoms with Gasteiger partial charge in [-0.2, -0.15) is 0 Å². The van der Waals surface area contributed by atoms with Gasteiger partial charge >= 0.3 is 5.97 Å². The van der Waals surface area contributed by atoms with Gasteiger partial charge < -0.3 is 10.1 Å². The largest absolute Gasteiger partial charge is 0.477 e. The van der Waals surface area contributed by atoms with E-state index in [2.05, 4.69) is 126 Å². The molecule has 1 spiro atoms. The first-order chi connectivity index (χ1) is 21.7. The summed E-state index contributed by atoms with van der Waals surface area (Å²) in [5.41, 5.74) is 12.1. The molecule has 9 rings (SSSR count). The van der Waals surface area contributed by atoms with Crippen molar-refractivity contribution in [2.24, 2.45) is 0 Å². The predicted octanol–water partition coefficient (Wildman–Crippen LogP) is 8.82. The number of carboxylic acid groups (broad SMARTS) is 1. The monoisotopic (exact) mass is 758 g/mol. The molecule has 5 aromatic carbocycles. The molecule has 1 N–H and O–H groups in total. The minimum atomic E-state index is -0.990. The molecule has 0 bridgehead atoms. The maximum absolute atomic E-state index is 10.1. The molecule has 2 aromatic heterocycles. The summed E-state index contributed by atoms with van der Waals surface area (Å²) in [7, 11) is 0. The van der Waals surface area contributed by atoms with E-state index in [1.807, 2.05) is 6.20 Å². The minimum Gasteiger partial charge on any atom is -0.477 e. The summed E-state index contributed by atoms with van der Waals surface area (Å²) in [6.45, 7) is 0. The van der Waals surface area contributed by atoms with Crippen LogP contribution in [0.25, 0.3) is 44.3 Å². The van der Waals surface area contributed by atoms with Gasteiger partial charge in [-0.1, -0.05) is 120 Å². The summed E-state index contributed by atoms with van der Waals surface area (Å²) in [6.07, 6.45) is 3.35. The van der Waals surface area contributed by atoms with Gasteiger partial charge in [0, 0.05) is 37.9 Å². The number of nitrogens with zero attached hydrogens (tertiary/aromatic N) is 2. The van der Waals surface area contributed by atoms with Crippen molar-refractivity contribution >= 4 is 16.7 Å². The molecule has 45 heavy (non-hydrogen) atoms. The van der Waals surface area contributed by atoms with E-state index in [0.717, 1.165) is 11.3 Å². The van der Waals surface area contributed by atoms with E-state index >= 15 is 0 Å². The average molecular weight is 758 g/mol. The SMILES string of the molecule is O=C(O)c1ccccn1.[Ir].[c-]1cc(-c2cccc3ccccc23)cc2c1-c1ncccc1C21c2ccccc2-c2ccccc21. The maximum atomic E-state index is 10.1. The number of carboxylic acids is 1. The quantitative estimate of drug-likeness (QED) is 0.179. The van der Waals surface area contributed by atoms with Crippen molar-refractivity contribution in [2.45, 2.75) is 5.41 Å². The zero-order chi connectivity index (χ0) is 29.7. The molecule has 0 fully saturated rings. The molecule has 217 valence electrons. The standard InChI is InChI=1S/C34H20N.C6H5NO2.Ir/c1-2-11-24-22(9-1)10-7-14-25(24)23-18-19-28-32(21-23)34(31-17-8-20-35-33(28)31)29-15-5-3-12-26(29)27-13-4-6-16-30(27)34;8-6(9)5-3-1-2-4-7-5;/h1-18,20-21H;1-4H,(H,8,9);/q-1;;. The number of benzene rings is 5. The third kappa shape index (κ3) is 4.35. The van der Waals surface area contributed by atoms with Gasteiger partial charge in [0.25, 0.3) is 0 Å². The predicted molar refractivity (Wildman–Crippen MR) is 174 cm³/mol. The Kier molecular flexibility index (Phi) is 7.21. The van der Waals surface area contributed by atoms with Crippen molar-refractivity contribution in [3.63, 3.8) is 0 Å². The molecule has 0 atom stereocenters. The van der Waals surface area contributed by atoms with Crippen molar-refractivity contribution < 1.29 is 30.0 Å². The van der Waals surface area contributed by atoms with Gasteiger partial charge in [-0.3, -0.25) is 0 Å². The molecule has 0 aliphatic heterocycles. The number of aromatic carboxylic acids is 1. The fraction of sp³-hybridized carbons (Fsp3) is 0.0250. The van der Waals surface area contributed by atoms with Crippen LogP contribution < -0.4 is 0 Å². The second kappa shape index (κ2) is 11.4. The first kappa shape index (κ1) is 28.5. The molecule has 5 heteroatoms. The van der Waals surface area contributed by atoms with Gasteiger partial charge in [0.05, 0.1) is 0 Å². The molecule has 0 unspecified atom stereocenters. The summed E-state index contributed by atoms with van der Waals surface area (Å²) < 4.78 is 0. The van der Waals surface area contributed by atoms with Crippen molar-refractivity contribution in [2.75, 3.05) is 0 Å². The molecule has 0 saturated heterocycles. The van der Waals surface area contributed by atoms with E-state index in [0.29, 0.717) is 0 Å². The van der Waals surface area contributed by atoms with E-state index in [1.54, 1.807) is 12.1 Å². The van der Waals surface area contributed by atoms with Crippen LogP contribution in [0, 0.1) is 6.07 Å². The van der Waals surface area contributed by atoms with Crippen molar-refractivity contribution in [1.82, 2.24) is 9.97 Å². The van der Waals surface area contributed by atoms with Crippen LogP contribution in [0.4, 0.5) is 0 Å². The van der Waals surface area contributed by atoms with Crippen LogP contribution in [0.15, 0.2) is 146 Å². The van der Waals surface area contributed by atoms with Crippen molar-refractivity contribution in [3.8, 4) is 33.5 Å². The van der Waals surface area contributed by atoms with Crippen LogP contribution in [0.2, 0.25) is 0 Å². The zero-order valence-electron chi connectivity index (χ0n) is 23.9. The zero-order valence-corrected chi connectivity index (χ0v) is 26.3. The van der Waals surface area contributed by atoms with E-state index in [9.17, 15) is 4.79 Å². The van der Waals surface area contributed by atoms with Gasteiger partial charge in [-0.15, -0.1) is 29.3 Å². The van der Waals surface area contributed by atoms with E-state index < -0.39 is 5.97 Å². The Bertz CT molecular complexity index is 2160. The van der Waals surface area contributed by atoms with Crippen molar-refractivity contribution in [1.29, 1.82) is 0 Å².